The van der Waals surface area contributed by atoms with Crippen LogP contribution in [0.5, 0.6) is 0 Å². The van der Waals surface area contributed by atoms with E-state index in [4.69, 9.17) is 4.42 Å². The zero-order valence-corrected chi connectivity index (χ0v) is 17.7. The van der Waals surface area contributed by atoms with Gasteiger partial charge in [-0.1, -0.05) is 60.2 Å². The summed E-state index contributed by atoms with van der Waals surface area (Å²) in [5.41, 5.74) is 3.87. The molecule has 6 nitrogen and oxygen atoms in total. The standard InChI is InChI=1S/C24H21N3O3S/c1-16-9-11-18(12-10-16)20-15-31-24(26-20)27-22(28)19(14-17-6-3-2-4-7-17)25-23(29)21-8-5-13-30-21/h2-13,15,19H,14H2,1H3,(H,25,29)(H,26,27,28). The molecule has 2 heterocycles. The van der Waals surface area contributed by atoms with Gasteiger partial charge in [-0.3, -0.25) is 9.59 Å². The molecule has 0 radical (unpaired) electrons. The van der Waals surface area contributed by atoms with E-state index >= 15 is 0 Å². The summed E-state index contributed by atoms with van der Waals surface area (Å²) in [5, 5.41) is 7.98. The summed E-state index contributed by atoms with van der Waals surface area (Å²) in [7, 11) is 0. The van der Waals surface area contributed by atoms with Gasteiger partial charge < -0.3 is 15.1 Å². The molecule has 0 fully saturated rings. The van der Waals surface area contributed by atoms with E-state index in [2.05, 4.69) is 15.6 Å². The molecular weight excluding hydrogens is 410 g/mol. The van der Waals surface area contributed by atoms with E-state index in [-0.39, 0.29) is 11.7 Å². The Morgan fingerprint density at radius 1 is 1.03 bits per heavy atom. The van der Waals surface area contributed by atoms with Crippen LogP contribution in [0.25, 0.3) is 11.3 Å². The summed E-state index contributed by atoms with van der Waals surface area (Å²) in [6.45, 7) is 2.03. The van der Waals surface area contributed by atoms with E-state index < -0.39 is 11.9 Å². The van der Waals surface area contributed by atoms with Crippen LogP contribution in [0.2, 0.25) is 0 Å². The Morgan fingerprint density at radius 2 is 1.81 bits per heavy atom. The maximum atomic E-state index is 13.0. The number of furan rings is 1. The predicted octanol–water partition coefficient (Wildman–Crippen LogP) is 4.69. The minimum atomic E-state index is -0.785. The number of rotatable bonds is 7. The normalized spacial score (nSPS) is 11.6. The molecule has 4 rings (SSSR count). The number of hydrogen-bond donors (Lipinski definition) is 2. The lowest BCUT2D eigenvalue weighted by atomic mass is 10.1. The summed E-state index contributed by atoms with van der Waals surface area (Å²) < 4.78 is 5.15. The number of aromatic nitrogens is 1. The molecule has 0 aliphatic heterocycles. The monoisotopic (exact) mass is 431 g/mol. The SMILES string of the molecule is Cc1ccc(-c2csc(NC(=O)C(Cc3ccccc3)NC(=O)c3ccco3)n2)cc1. The van der Waals surface area contributed by atoms with Crippen LogP contribution in [0, 0.1) is 6.92 Å². The third-order valence-electron chi connectivity index (χ3n) is 4.73. The van der Waals surface area contributed by atoms with E-state index in [0.717, 1.165) is 16.8 Å². The fraction of sp³-hybridized carbons (Fsp3) is 0.125. The summed E-state index contributed by atoms with van der Waals surface area (Å²) in [5.74, 6) is -0.629. The van der Waals surface area contributed by atoms with Crippen LogP contribution in [-0.2, 0) is 11.2 Å². The molecule has 1 unspecified atom stereocenters. The maximum absolute atomic E-state index is 13.0. The molecule has 0 bridgehead atoms. The fourth-order valence-corrected chi connectivity index (χ4v) is 3.80. The molecule has 7 heteroatoms. The van der Waals surface area contributed by atoms with Crippen molar-refractivity contribution in [1.82, 2.24) is 10.3 Å². The first kappa shape index (κ1) is 20.6. The number of aryl methyl sites for hydroxylation is 1. The van der Waals surface area contributed by atoms with Crippen molar-refractivity contribution in [3.05, 3.63) is 95.3 Å². The first-order valence-electron chi connectivity index (χ1n) is 9.80. The van der Waals surface area contributed by atoms with E-state index in [1.54, 1.807) is 12.1 Å². The van der Waals surface area contributed by atoms with Gasteiger partial charge in [0.05, 0.1) is 12.0 Å². The number of benzene rings is 2. The number of nitrogens with one attached hydrogen (secondary N) is 2. The van der Waals surface area contributed by atoms with E-state index in [1.807, 2.05) is 66.9 Å². The Morgan fingerprint density at radius 3 is 2.52 bits per heavy atom. The van der Waals surface area contributed by atoms with Gasteiger partial charge in [0.15, 0.2) is 10.9 Å². The lowest BCUT2D eigenvalue weighted by molar-refractivity contribution is -0.118. The van der Waals surface area contributed by atoms with Gasteiger partial charge in [-0.05, 0) is 24.6 Å². The van der Waals surface area contributed by atoms with Gasteiger partial charge in [0, 0.05) is 17.4 Å². The number of amides is 2. The highest BCUT2D eigenvalue weighted by Crippen LogP contribution is 2.25. The van der Waals surface area contributed by atoms with Gasteiger partial charge >= 0.3 is 0 Å². The van der Waals surface area contributed by atoms with Gasteiger partial charge in [-0.2, -0.15) is 0 Å². The number of thiazole rings is 1. The highest BCUT2D eigenvalue weighted by Gasteiger charge is 2.24. The van der Waals surface area contributed by atoms with Crippen LogP contribution >= 0.6 is 11.3 Å². The minimum absolute atomic E-state index is 0.154. The van der Waals surface area contributed by atoms with Crippen molar-refractivity contribution in [2.75, 3.05) is 5.32 Å². The van der Waals surface area contributed by atoms with Gasteiger partial charge in [0.25, 0.3) is 5.91 Å². The molecule has 4 aromatic rings. The second-order valence-electron chi connectivity index (χ2n) is 7.09. The quantitative estimate of drug-likeness (QED) is 0.445. The Hall–Kier alpha value is -3.71. The molecule has 1 atom stereocenters. The van der Waals surface area contributed by atoms with Gasteiger partial charge in [0.1, 0.15) is 6.04 Å². The summed E-state index contributed by atoms with van der Waals surface area (Å²) in [4.78, 5) is 30.0. The lowest BCUT2D eigenvalue weighted by Crippen LogP contribution is -2.45. The van der Waals surface area contributed by atoms with Crippen molar-refractivity contribution in [1.29, 1.82) is 0 Å². The Bertz CT molecular complexity index is 1150. The molecule has 0 spiro atoms. The average Bonchev–Trinajstić information content (AvgIpc) is 3.47. The Balaban J connectivity index is 1.50. The smallest absolute Gasteiger partial charge is 0.287 e. The number of hydrogen-bond acceptors (Lipinski definition) is 5. The number of carbonyl (C=O) groups excluding carboxylic acids is 2. The Kier molecular flexibility index (Phi) is 6.24. The highest BCUT2D eigenvalue weighted by molar-refractivity contribution is 7.14. The van der Waals surface area contributed by atoms with Crippen molar-refractivity contribution >= 4 is 28.3 Å². The van der Waals surface area contributed by atoms with E-state index in [1.165, 1.54) is 23.2 Å². The largest absolute Gasteiger partial charge is 0.459 e. The van der Waals surface area contributed by atoms with Gasteiger partial charge in [-0.15, -0.1) is 11.3 Å². The van der Waals surface area contributed by atoms with Crippen LogP contribution in [0.1, 0.15) is 21.7 Å². The van der Waals surface area contributed by atoms with Crippen molar-refractivity contribution < 1.29 is 14.0 Å². The van der Waals surface area contributed by atoms with Crippen LogP contribution in [0.4, 0.5) is 5.13 Å². The summed E-state index contributed by atoms with van der Waals surface area (Å²) >= 11 is 1.34. The average molecular weight is 432 g/mol. The third-order valence-corrected chi connectivity index (χ3v) is 5.49. The van der Waals surface area contributed by atoms with Crippen LogP contribution in [0.15, 0.2) is 82.8 Å². The van der Waals surface area contributed by atoms with Crippen LogP contribution in [0.3, 0.4) is 0 Å². The molecule has 0 saturated carbocycles. The second-order valence-corrected chi connectivity index (χ2v) is 7.94. The molecule has 2 N–H and O–H groups in total. The molecule has 2 aromatic heterocycles. The summed E-state index contributed by atoms with van der Waals surface area (Å²) in [6.07, 6.45) is 1.76. The van der Waals surface area contributed by atoms with E-state index in [9.17, 15) is 9.59 Å². The number of nitrogens with zero attached hydrogens (tertiary/aromatic N) is 1. The fourth-order valence-electron chi connectivity index (χ4n) is 3.08. The Labute approximate surface area is 184 Å². The number of carbonyl (C=O) groups is 2. The van der Waals surface area contributed by atoms with Crippen molar-refractivity contribution in [2.45, 2.75) is 19.4 Å². The summed E-state index contributed by atoms with van der Waals surface area (Å²) in [6, 6.07) is 20.0. The van der Waals surface area contributed by atoms with Crippen molar-refractivity contribution in [3.63, 3.8) is 0 Å². The molecule has 0 saturated heterocycles. The minimum Gasteiger partial charge on any atom is -0.459 e. The third kappa shape index (κ3) is 5.26. The molecular formula is C24H21N3O3S. The van der Waals surface area contributed by atoms with E-state index in [0.29, 0.717) is 11.6 Å². The molecule has 2 aromatic carbocycles. The number of anilines is 1. The first-order chi connectivity index (χ1) is 15.1. The zero-order chi connectivity index (χ0) is 21.6. The molecule has 0 aliphatic rings. The predicted molar refractivity (Wildman–Crippen MR) is 121 cm³/mol. The lowest BCUT2D eigenvalue weighted by Gasteiger charge is -2.17. The molecule has 31 heavy (non-hydrogen) atoms. The highest BCUT2D eigenvalue weighted by atomic mass is 32.1. The van der Waals surface area contributed by atoms with Crippen LogP contribution < -0.4 is 10.6 Å². The van der Waals surface area contributed by atoms with Crippen LogP contribution in [-0.4, -0.2) is 22.8 Å². The van der Waals surface area contributed by atoms with Gasteiger partial charge in [-0.25, -0.2) is 4.98 Å². The van der Waals surface area contributed by atoms with Crippen molar-refractivity contribution in [2.24, 2.45) is 0 Å². The van der Waals surface area contributed by atoms with Gasteiger partial charge in [0.2, 0.25) is 5.91 Å². The zero-order valence-electron chi connectivity index (χ0n) is 16.9. The molecule has 0 aliphatic carbocycles. The second kappa shape index (κ2) is 9.40. The topological polar surface area (TPSA) is 84.2 Å². The first-order valence-corrected chi connectivity index (χ1v) is 10.7. The molecule has 156 valence electrons. The van der Waals surface area contributed by atoms with Crippen molar-refractivity contribution in [3.8, 4) is 11.3 Å². The molecule has 2 amide bonds. The maximum Gasteiger partial charge on any atom is 0.287 e.